The van der Waals surface area contributed by atoms with Crippen LogP contribution in [-0.4, -0.2) is 38.7 Å². The molecule has 0 unspecified atom stereocenters. The molecule has 0 amide bonds. The molecule has 1 aliphatic heterocycles. The molecule has 1 aliphatic rings. The molecule has 2 heterocycles. The minimum Gasteiger partial charge on any atom is -0.489 e. The summed E-state index contributed by atoms with van der Waals surface area (Å²) in [5.74, 6) is 0.759. The first-order valence-corrected chi connectivity index (χ1v) is 12.0. The summed E-state index contributed by atoms with van der Waals surface area (Å²) in [6, 6.07) is 23.2. The molecule has 3 aromatic carbocycles. The number of rotatable bonds is 9. The molecule has 7 nitrogen and oxygen atoms in total. The number of benzene rings is 3. The Hall–Kier alpha value is -3.68. The molecule has 35 heavy (non-hydrogen) atoms. The average Bonchev–Trinajstić information content (AvgIpc) is 3.47. The Labute approximate surface area is 204 Å². The van der Waals surface area contributed by atoms with Crippen LogP contribution in [0.4, 0.5) is 5.69 Å². The van der Waals surface area contributed by atoms with E-state index >= 15 is 0 Å². The standard InChI is InChI=1S/C28H29N3O4/c32-19-25-7-4-14-29(25)17-23-18-30(16-21-5-2-1-3-6-21)28-13-12-26(15-27(23)28)35-20-22-8-10-24(11-9-22)31(33)34/h1-3,5-6,8-13,15,18,25,32H,4,7,14,16-17,19-20H2/t25-/m0/s1. The van der Waals surface area contributed by atoms with Gasteiger partial charge in [-0.15, -0.1) is 0 Å². The molecule has 1 N–H and O–H groups in total. The lowest BCUT2D eigenvalue weighted by atomic mass is 10.1. The smallest absolute Gasteiger partial charge is 0.269 e. The van der Waals surface area contributed by atoms with Gasteiger partial charge in [0.05, 0.1) is 11.5 Å². The van der Waals surface area contributed by atoms with Crippen LogP contribution in [0.2, 0.25) is 0 Å². The van der Waals surface area contributed by atoms with Crippen molar-refractivity contribution in [3.8, 4) is 5.75 Å². The third-order valence-corrected chi connectivity index (χ3v) is 6.77. The van der Waals surface area contributed by atoms with Crippen LogP contribution in [0.5, 0.6) is 5.75 Å². The van der Waals surface area contributed by atoms with E-state index in [2.05, 4.69) is 52.1 Å². The van der Waals surface area contributed by atoms with Gasteiger partial charge >= 0.3 is 0 Å². The Morgan fingerprint density at radius 1 is 1.00 bits per heavy atom. The maximum Gasteiger partial charge on any atom is 0.269 e. The first kappa shape index (κ1) is 23.1. The van der Waals surface area contributed by atoms with Crippen LogP contribution >= 0.6 is 0 Å². The van der Waals surface area contributed by atoms with Gasteiger partial charge in [-0.25, -0.2) is 0 Å². The topological polar surface area (TPSA) is 80.8 Å². The molecule has 0 aliphatic carbocycles. The van der Waals surface area contributed by atoms with E-state index in [-0.39, 0.29) is 18.3 Å². The minimum absolute atomic E-state index is 0.0719. The summed E-state index contributed by atoms with van der Waals surface area (Å²) in [5.41, 5.74) is 4.55. The van der Waals surface area contributed by atoms with Gasteiger partial charge in [0.2, 0.25) is 0 Å². The van der Waals surface area contributed by atoms with E-state index in [1.54, 1.807) is 12.1 Å². The van der Waals surface area contributed by atoms with Crippen molar-refractivity contribution in [1.82, 2.24) is 9.47 Å². The molecule has 1 aromatic heterocycles. The number of aliphatic hydroxyl groups is 1. The first-order valence-electron chi connectivity index (χ1n) is 12.0. The highest BCUT2D eigenvalue weighted by Crippen LogP contribution is 2.30. The molecular weight excluding hydrogens is 442 g/mol. The van der Waals surface area contributed by atoms with Gasteiger partial charge in [0.1, 0.15) is 12.4 Å². The Morgan fingerprint density at radius 2 is 1.80 bits per heavy atom. The highest BCUT2D eigenvalue weighted by molar-refractivity contribution is 5.85. The number of nitro groups is 1. The van der Waals surface area contributed by atoms with Crippen molar-refractivity contribution in [2.24, 2.45) is 0 Å². The summed E-state index contributed by atoms with van der Waals surface area (Å²) in [7, 11) is 0. The number of nitrogens with zero attached hydrogens (tertiary/aromatic N) is 3. The number of hydrogen-bond donors (Lipinski definition) is 1. The van der Waals surface area contributed by atoms with E-state index in [9.17, 15) is 15.2 Å². The van der Waals surface area contributed by atoms with Gasteiger partial charge < -0.3 is 14.4 Å². The lowest BCUT2D eigenvalue weighted by Crippen LogP contribution is -2.31. The zero-order valence-electron chi connectivity index (χ0n) is 19.5. The molecule has 0 saturated carbocycles. The van der Waals surface area contributed by atoms with Crippen LogP contribution in [0.3, 0.4) is 0 Å². The molecule has 4 aromatic rings. The van der Waals surface area contributed by atoms with Crippen LogP contribution in [0.1, 0.15) is 29.5 Å². The Morgan fingerprint density at radius 3 is 2.54 bits per heavy atom. The molecule has 180 valence electrons. The van der Waals surface area contributed by atoms with Crippen LogP contribution in [-0.2, 0) is 19.7 Å². The fourth-order valence-electron chi connectivity index (χ4n) is 4.89. The number of aromatic nitrogens is 1. The lowest BCUT2D eigenvalue weighted by Gasteiger charge is -2.22. The van der Waals surface area contributed by atoms with Crippen LogP contribution < -0.4 is 4.74 Å². The van der Waals surface area contributed by atoms with E-state index in [0.717, 1.165) is 54.7 Å². The van der Waals surface area contributed by atoms with Gasteiger partial charge in [0.25, 0.3) is 5.69 Å². The van der Waals surface area contributed by atoms with Gasteiger partial charge in [-0.2, -0.15) is 0 Å². The number of likely N-dealkylation sites (tertiary alicyclic amines) is 1. The number of ether oxygens (including phenoxy) is 1. The SMILES string of the molecule is O=[N+]([O-])c1ccc(COc2ccc3c(c2)c(CN2CCC[C@H]2CO)cn3Cc2ccccc2)cc1. The largest absolute Gasteiger partial charge is 0.489 e. The fraction of sp³-hybridized carbons (Fsp3) is 0.286. The molecule has 5 rings (SSSR count). The van der Waals surface area contributed by atoms with Gasteiger partial charge in [-0.05, 0) is 66.4 Å². The summed E-state index contributed by atoms with van der Waals surface area (Å²) < 4.78 is 8.34. The molecule has 0 radical (unpaired) electrons. The Kier molecular flexibility index (Phi) is 6.79. The molecule has 1 saturated heterocycles. The van der Waals surface area contributed by atoms with Crippen molar-refractivity contribution in [1.29, 1.82) is 0 Å². The van der Waals surface area contributed by atoms with Crippen molar-refractivity contribution in [2.75, 3.05) is 13.2 Å². The number of aliphatic hydroxyl groups excluding tert-OH is 1. The van der Waals surface area contributed by atoms with E-state index < -0.39 is 4.92 Å². The zero-order chi connectivity index (χ0) is 24.2. The number of non-ortho nitro benzene ring substituents is 1. The van der Waals surface area contributed by atoms with E-state index in [0.29, 0.717) is 6.61 Å². The first-order chi connectivity index (χ1) is 17.1. The van der Waals surface area contributed by atoms with Crippen molar-refractivity contribution in [3.63, 3.8) is 0 Å². The summed E-state index contributed by atoms with van der Waals surface area (Å²) in [5, 5.41) is 21.8. The monoisotopic (exact) mass is 471 g/mol. The highest BCUT2D eigenvalue weighted by Gasteiger charge is 2.25. The van der Waals surface area contributed by atoms with Crippen molar-refractivity contribution >= 4 is 16.6 Å². The molecule has 7 heteroatoms. The molecule has 0 spiro atoms. The van der Waals surface area contributed by atoms with Gasteiger partial charge in [-0.1, -0.05) is 30.3 Å². The van der Waals surface area contributed by atoms with Crippen molar-refractivity contribution < 1.29 is 14.8 Å². The second-order valence-corrected chi connectivity index (χ2v) is 9.11. The van der Waals surface area contributed by atoms with Crippen LogP contribution in [0, 0.1) is 10.1 Å². The summed E-state index contributed by atoms with van der Waals surface area (Å²) in [4.78, 5) is 12.8. The quantitative estimate of drug-likeness (QED) is 0.270. The maximum absolute atomic E-state index is 10.9. The average molecular weight is 472 g/mol. The number of hydrogen-bond acceptors (Lipinski definition) is 5. The van der Waals surface area contributed by atoms with E-state index in [1.807, 2.05) is 12.1 Å². The summed E-state index contributed by atoms with van der Waals surface area (Å²) in [6.07, 6.45) is 4.37. The zero-order valence-corrected chi connectivity index (χ0v) is 19.5. The second kappa shape index (κ2) is 10.3. The van der Waals surface area contributed by atoms with Crippen molar-refractivity contribution in [2.45, 2.75) is 38.6 Å². The van der Waals surface area contributed by atoms with Crippen LogP contribution in [0.15, 0.2) is 79.0 Å². The van der Waals surface area contributed by atoms with E-state index in [1.165, 1.54) is 23.3 Å². The van der Waals surface area contributed by atoms with Crippen molar-refractivity contribution in [3.05, 3.63) is 106 Å². The number of fused-ring (bicyclic) bond motifs is 1. The summed E-state index contributed by atoms with van der Waals surface area (Å²) >= 11 is 0. The Balaban J connectivity index is 1.41. The second-order valence-electron chi connectivity index (χ2n) is 9.11. The fourth-order valence-corrected chi connectivity index (χ4v) is 4.89. The minimum atomic E-state index is -0.401. The predicted molar refractivity (Wildman–Crippen MR) is 135 cm³/mol. The third-order valence-electron chi connectivity index (χ3n) is 6.77. The summed E-state index contributed by atoms with van der Waals surface area (Å²) in [6.45, 7) is 3.08. The molecular formula is C28H29N3O4. The third kappa shape index (κ3) is 5.21. The van der Waals surface area contributed by atoms with E-state index in [4.69, 9.17) is 4.74 Å². The van der Waals surface area contributed by atoms with Gasteiger partial charge in [0.15, 0.2) is 0 Å². The molecule has 0 bridgehead atoms. The normalized spacial score (nSPS) is 16.1. The molecule has 1 atom stereocenters. The number of nitro benzene ring substituents is 1. The lowest BCUT2D eigenvalue weighted by molar-refractivity contribution is -0.384. The molecule has 1 fully saturated rings. The predicted octanol–water partition coefficient (Wildman–Crippen LogP) is 5.13. The van der Waals surface area contributed by atoms with Gasteiger partial charge in [-0.3, -0.25) is 15.0 Å². The Bertz CT molecular complexity index is 1300. The highest BCUT2D eigenvalue weighted by atomic mass is 16.6. The van der Waals surface area contributed by atoms with Gasteiger partial charge in [0, 0.05) is 48.4 Å². The van der Waals surface area contributed by atoms with Crippen LogP contribution in [0.25, 0.3) is 10.9 Å². The maximum atomic E-state index is 10.9.